The van der Waals surface area contributed by atoms with E-state index >= 15 is 0 Å². The van der Waals surface area contributed by atoms with Gasteiger partial charge in [-0.1, -0.05) is 18.2 Å². The number of nitrogens with zero attached hydrogens (tertiary/aromatic N) is 4. The lowest BCUT2D eigenvalue weighted by molar-refractivity contribution is 0.0452. The van der Waals surface area contributed by atoms with Crippen molar-refractivity contribution in [1.29, 1.82) is 0 Å². The lowest BCUT2D eigenvalue weighted by atomic mass is 9.90. The fraction of sp³-hybridized carbons (Fsp3) is 0.190. The van der Waals surface area contributed by atoms with E-state index in [9.17, 15) is 5.11 Å². The van der Waals surface area contributed by atoms with Crippen LogP contribution >= 0.6 is 0 Å². The molecule has 1 aliphatic carbocycles. The highest BCUT2D eigenvalue weighted by Crippen LogP contribution is 2.38. The van der Waals surface area contributed by atoms with Crippen molar-refractivity contribution in [2.75, 3.05) is 5.73 Å². The number of ether oxygens (including phenoxy) is 1. The van der Waals surface area contributed by atoms with E-state index in [1.807, 2.05) is 59.3 Å². The maximum absolute atomic E-state index is 9.67. The summed E-state index contributed by atoms with van der Waals surface area (Å²) in [5.41, 5.74) is 8.49. The van der Waals surface area contributed by atoms with Crippen LogP contribution in [0.4, 0.5) is 5.82 Å². The Balaban J connectivity index is 1.52. The van der Waals surface area contributed by atoms with Crippen LogP contribution in [-0.4, -0.2) is 31.0 Å². The van der Waals surface area contributed by atoms with Gasteiger partial charge >= 0.3 is 0 Å². The van der Waals surface area contributed by atoms with Gasteiger partial charge in [-0.25, -0.2) is 14.6 Å². The lowest BCUT2D eigenvalue weighted by Gasteiger charge is -2.31. The molecule has 5 rings (SSSR count). The van der Waals surface area contributed by atoms with Crippen molar-refractivity contribution in [1.82, 2.24) is 19.7 Å². The fourth-order valence-corrected chi connectivity index (χ4v) is 3.52. The van der Waals surface area contributed by atoms with Gasteiger partial charge in [0.15, 0.2) is 5.65 Å². The van der Waals surface area contributed by atoms with Crippen molar-refractivity contribution >= 4 is 16.9 Å². The number of para-hydroxylation sites is 1. The van der Waals surface area contributed by atoms with Gasteiger partial charge in [0.1, 0.15) is 29.3 Å². The molecule has 0 atom stereocenters. The molecule has 0 amide bonds. The number of fused-ring (bicyclic) bond motifs is 1. The van der Waals surface area contributed by atoms with Crippen LogP contribution in [0.25, 0.3) is 22.3 Å². The molecule has 140 valence electrons. The number of aliphatic hydroxyl groups is 1. The number of hydrogen-bond acceptors (Lipinski definition) is 6. The minimum Gasteiger partial charge on any atom is -0.457 e. The van der Waals surface area contributed by atoms with Gasteiger partial charge in [0.05, 0.1) is 17.5 Å². The molecule has 2 aromatic heterocycles. The molecule has 0 unspecified atom stereocenters. The average molecular weight is 373 g/mol. The first-order valence-corrected chi connectivity index (χ1v) is 9.19. The van der Waals surface area contributed by atoms with Gasteiger partial charge < -0.3 is 15.6 Å². The third-order valence-electron chi connectivity index (χ3n) is 5.06. The number of aliphatic hydroxyl groups excluding tert-OH is 1. The molecule has 1 aliphatic rings. The van der Waals surface area contributed by atoms with E-state index in [-0.39, 0.29) is 12.1 Å². The van der Waals surface area contributed by atoms with E-state index in [1.54, 1.807) is 0 Å². The average Bonchev–Trinajstić information content (AvgIpc) is 3.07. The number of benzene rings is 2. The summed E-state index contributed by atoms with van der Waals surface area (Å²) >= 11 is 0. The van der Waals surface area contributed by atoms with Crippen LogP contribution in [0.2, 0.25) is 0 Å². The Morgan fingerprint density at radius 1 is 0.964 bits per heavy atom. The lowest BCUT2D eigenvalue weighted by Crippen LogP contribution is -2.31. The third kappa shape index (κ3) is 2.86. The second kappa shape index (κ2) is 6.61. The Hall–Kier alpha value is -3.45. The molecule has 0 aliphatic heterocycles. The number of nitrogen functional groups attached to an aromatic ring is 1. The van der Waals surface area contributed by atoms with Crippen LogP contribution in [0.5, 0.6) is 11.5 Å². The minimum atomic E-state index is -0.277. The first-order valence-electron chi connectivity index (χ1n) is 9.19. The highest BCUT2D eigenvalue weighted by molar-refractivity contribution is 5.98. The monoisotopic (exact) mass is 373 g/mol. The molecule has 1 fully saturated rings. The Morgan fingerprint density at radius 2 is 1.68 bits per heavy atom. The van der Waals surface area contributed by atoms with E-state index in [4.69, 9.17) is 15.6 Å². The summed E-state index contributed by atoms with van der Waals surface area (Å²) in [5.74, 6) is 1.92. The number of rotatable bonds is 4. The molecular formula is C21H19N5O2. The summed E-state index contributed by atoms with van der Waals surface area (Å²) in [6.45, 7) is 0. The summed E-state index contributed by atoms with van der Waals surface area (Å²) in [5, 5.41) is 15.2. The second-order valence-electron chi connectivity index (χ2n) is 6.97. The Kier molecular flexibility index (Phi) is 3.95. The number of aromatic nitrogens is 4. The molecule has 28 heavy (non-hydrogen) atoms. The molecule has 7 heteroatoms. The molecule has 7 nitrogen and oxygen atoms in total. The quantitative estimate of drug-likeness (QED) is 0.567. The molecule has 0 bridgehead atoms. The van der Waals surface area contributed by atoms with Crippen molar-refractivity contribution in [3.63, 3.8) is 0 Å². The number of anilines is 1. The van der Waals surface area contributed by atoms with E-state index in [0.29, 0.717) is 24.3 Å². The highest BCUT2D eigenvalue weighted by atomic mass is 16.5. The normalized spacial score (nSPS) is 18.8. The van der Waals surface area contributed by atoms with Gasteiger partial charge in [-0.15, -0.1) is 0 Å². The fourth-order valence-electron chi connectivity index (χ4n) is 3.52. The summed E-state index contributed by atoms with van der Waals surface area (Å²) < 4.78 is 7.72. The smallest absolute Gasteiger partial charge is 0.164 e. The van der Waals surface area contributed by atoms with Crippen molar-refractivity contribution in [3.8, 4) is 22.8 Å². The second-order valence-corrected chi connectivity index (χ2v) is 6.97. The first kappa shape index (κ1) is 16.7. The van der Waals surface area contributed by atoms with Crippen LogP contribution in [0.3, 0.4) is 0 Å². The van der Waals surface area contributed by atoms with E-state index in [2.05, 4.69) is 9.97 Å². The zero-order valence-electron chi connectivity index (χ0n) is 15.1. The van der Waals surface area contributed by atoms with Gasteiger partial charge in [-0.05, 0) is 49.2 Å². The van der Waals surface area contributed by atoms with Crippen LogP contribution in [0.1, 0.15) is 18.9 Å². The first-order chi connectivity index (χ1) is 13.7. The molecular weight excluding hydrogens is 354 g/mol. The molecule has 2 heterocycles. The molecule has 0 saturated heterocycles. The van der Waals surface area contributed by atoms with Crippen molar-refractivity contribution in [2.45, 2.75) is 25.0 Å². The molecule has 1 saturated carbocycles. The topological polar surface area (TPSA) is 99.1 Å². The SMILES string of the molecule is Nc1ncnc2c1c(-c1ccc(Oc3ccccc3)cc1)nn2C1CC(O)C1. The van der Waals surface area contributed by atoms with Crippen molar-refractivity contribution in [2.24, 2.45) is 0 Å². The molecule has 3 N–H and O–H groups in total. The summed E-state index contributed by atoms with van der Waals surface area (Å²) in [4.78, 5) is 8.53. The van der Waals surface area contributed by atoms with Crippen LogP contribution in [0, 0.1) is 0 Å². The maximum Gasteiger partial charge on any atom is 0.164 e. The maximum atomic E-state index is 9.67. The zero-order chi connectivity index (χ0) is 19.1. The predicted octanol–water partition coefficient (Wildman–Crippen LogP) is 3.56. The van der Waals surface area contributed by atoms with E-state index in [1.165, 1.54) is 6.33 Å². The van der Waals surface area contributed by atoms with Crippen LogP contribution < -0.4 is 10.5 Å². The van der Waals surface area contributed by atoms with Gasteiger partial charge in [-0.2, -0.15) is 5.10 Å². The summed E-state index contributed by atoms with van der Waals surface area (Å²) in [6.07, 6.45) is 2.51. The standard InChI is InChI=1S/C21H19N5O2/c22-20-18-19(25-26(14-10-15(27)11-14)21(18)24-12-23-20)13-6-8-17(9-7-13)28-16-4-2-1-3-5-16/h1-9,12,14-15,27H,10-11H2,(H2,22,23,24). The van der Waals surface area contributed by atoms with Crippen molar-refractivity contribution < 1.29 is 9.84 Å². The van der Waals surface area contributed by atoms with Gasteiger partial charge in [0.2, 0.25) is 0 Å². The zero-order valence-corrected chi connectivity index (χ0v) is 15.1. The minimum absolute atomic E-state index is 0.126. The molecule has 2 aromatic carbocycles. The Morgan fingerprint density at radius 3 is 2.39 bits per heavy atom. The number of nitrogens with two attached hydrogens (primary N) is 1. The molecule has 0 radical (unpaired) electrons. The van der Waals surface area contributed by atoms with Crippen LogP contribution in [0.15, 0.2) is 60.9 Å². The highest BCUT2D eigenvalue weighted by Gasteiger charge is 2.32. The van der Waals surface area contributed by atoms with Gasteiger partial charge in [0, 0.05) is 5.56 Å². The summed E-state index contributed by atoms with van der Waals surface area (Å²) in [6, 6.07) is 17.5. The molecule has 0 spiro atoms. The van der Waals surface area contributed by atoms with E-state index in [0.717, 1.165) is 28.1 Å². The van der Waals surface area contributed by atoms with Gasteiger partial charge in [-0.3, -0.25) is 0 Å². The summed E-state index contributed by atoms with van der Waals surface area (Å²) in [7, 11) is 0. The third-order valence-corrected chi connectivity index (χ3v) is 5.06. The number of hydrogen-bond donors (Lipinski definition) is 2. The largest absolute Gasteiger partial charge is 0.457 e. The van der Waals surface area contributed by atoms with Gasteiger partial charge in [0.25, 0.3) is 0 Å². The van der Waals surface area contributed by atoms with Crippen molar-refractivity contribution in [3.05, 3.63) is 60.9 Å². The predicted molar refractivity (Wildman–Crippen MR) is 106 cm³/mol. The molecule has 4 aromatic rings. The Labute approximate surface area is 161 Å². The van der Waals surface area contributed by atoms with Crippen LogP contribution in [-0.2, 0) is 0 Å². The van der Waals surface area contributed by atoms with E-state index < -0.39 is 0 Å². The Bertz CT molecular complexity index is 1120.